The van der Waals surface area contributed by atoms with Crippen molar-refractivity contribution in [2.45, 2.75) is 58.7 Å². The van der Waals surface area contributed by atoms with E-state index in [1.54, 1.807) is 6.92 Å². The van der Waals surface area contributed by atoms with E-state index in [0.29, 0.717) is 18.7 Å². The molecule has 1 N–H and O–H groups in total. The zero-order valence-corrected chi connectivity index (χ0v) is 15.6. The summed E-state index contributed by atoms with van der Waals surface area (Å²) in [5.41, 5.74) is 0. The summed E-state index contributed by atoms with van der Waals surface area (Å²) in [5.74, 6) is 0.112. The smallest absolute Gasteiger partial charge is 0.234 e. The van der Waals surface area contributed by atoms with Crippen molar-refractivity contribution in [3.63, 3.8) is 0 Å². The number of amides is 1. The van der Waals surface area contributed by atoms with E-state index in [1.807, 2.05) is 13.8 Å². The van der Waals surface area contributed by atoms with Crippen LogP contribution in [0.25, 0.3) is 0 Å². The molecule has 2 aliphatic rings. The van der Waals surface area contributed by atoms with E-state index in [2.05, 4.69) is 22.0 Å². The minimum Gasteiger partial charge on any atom is -0.376 e. The van der Waals surface area contributed by atoms with E-state index in [4.69, 9.17) is 4.74 Å². The molecule has 6 nitrogen and oxygen atoms in total. The molecule has 2 aliphatic heterocycles. The summed E-state index contributed by atoms with van der Waals surface area (Å²) in [7, 11) is 0. The molecule has 24 heavy (non-hydrogen) atoms. The molecule has 2 saturated heterocycles. The molecule has 1 amide bonds. The highest BCUT2D eigenvalue weighted by atomic mass is 16.5. The second-order valence-corrected chi connectivity index (χ2v) is 7.58. The Kier molecular flexibility index (Phi) is 7.19. The number of Topliss-reactive ketones (excluding diaryl/α,β-unsaturated/α-hetero) is 1. The van der Waals surface area contributed by atoms with Crippen LogP contribution in [-0.2, 0) is 14.3 Å². The maximum atomic E-state index is 12.2. The van der Waals surface area contributed by atoms with Crippen LogP contribution >= 0.6 is 0 Å². The number of morpholine rings is 1. The lowest BCUT2D eigenvalue weighted by Crippen LogP contribution is -2.53. The van der Waals surface area contributed by atoms with Crippen molar-refractivity contribution in [2.24, 2.45) is 5.92 Å². The topological polar surface area (TPSA) is 61.9 Å². The van der Waals surface area contributed by atoms with Gasteiger partial charge in [0.15, 0.2) is 5.78 Å². The molecule has 0 aromatic carbocycles. The highest BCUT2D eigenvalue weighted by Gasteiger charge is 2.29. The van der Waals surface area contributed by atoms with E-state index in [0.717, 1.165) is 45.6 Å². The van der Waals surface area contributed by atoms with E-state index in [1.165, 1.54) is 0 Å². The van der Waals surface area contributed by atoms with Gasteiger partial charge in [0.05, 0.1) is 25.3 Å². The maximum absolute atomic E-state index is 12.2. The number of carbonyl (C=O) groups excluding carboxylic acids is 2. The molecule has 0 saturated carbocycles. The zero-order chi connectivity index (χ0) is 17.7. The summed E-state index contributed by atoms with van der Waals surface area (Å²) in [4.78, 5) is 28.6. The van der Waals surface area contributed by atoms with Crippen LogP contribution in [0.2, 0.25) is 0 Å². The highest BCUT2D eigenvalue weighted by Crippen LogP contribution is 2.19. The Morgan fingerprint density at radius 3 is 2.42 bits per heavy atom. The lowest BCUT2D eigenvalue weighted by Gasteiger charge is -2.41. The summed E-state index contributed by atoms with van der Waals surface area (Å²) in [5, 5.41) is 2.89. The van der Waals surface area contributed by atoms with E-state index in [9.17, 15) is 9.59 Å². The average molecular weight is 339 g/mol. The predicted octanol–water partition coefficient (Wildman–Crippen LogP) is 0.901. The highest BCUT2D eigenvalue weighted by molar-refractivity contribution is 5.88. The molecule has 2 rings (SSSR count). The normalized spacial score (nSPS) is 25.6. The van der Waals surface area contributed by atoms with Crippen LogP contribution in [0, 0.1) is 5.92 Å². The van der Waals surface area contributed by atoms with Gasteiger partial charge in [-0.1, -0.05) is 13.8 Å². The summed E-state index contributed by atoms with van der Waals surface area (Å²) in [6.07, 6.45) is 2.52. The summed E-state index contributed by atoms with van der Waals surface area (Å²) < 4.78 is 5.62. The Morgan fingerprint density at radius 2 is 1.88 bits per heavy atom. The Balaban J connectivity index is 1.74. The molecule has 2 unspecified atom stereocenters. The van der Waals surface area contributed by atoms with Crippen molar-refractivity contribution in [1.29, 1.82) is 0 Å². The minimum absolute atomic E-state index is 0.0264. The molecule has 0 aliphatic carbocycles. The monoisotopic (exact) mass is 339 g/mol. The van der Waals surface area contributed by atoms with Crippen LogP contribution in [0.3, 0.4) is 0 Å². The average Bonchev–Trinajstić information content (AvgIpc) is 2.52. The first kappa shape index (κ1) is 19.3. The molecule has 0 spiro atoms. The number of carbonyl (C=O) groups is 2. The van der Waals surface area contributed by atoms with Gasteiger partial charge in [0.2, 0.25) is 5.91 Å². The van der Waals surface area contributed by atoms with Crippen LogP contribution in [-0.4, -0.2) is 79.0 Å². The number of likely N-dealkylation sites (tertiary alicyclic amines) is 1. The van der Waals surface area contributed by atoms with Crippen molar-refractivity contribution >= 4 is 11.7 Å². The largest absolute Gasteiger partial charge is 0.376 e. The summed E-state index contributed by atoms with van der Waals surface area (Å²) in [6, 6.07) is 0.237. The second kappa shape index (κ2) is 8.92. The molecule has 2 heterocycles. The van der Waals surface area contributed by atoms with Crippen LogP contribution in [0.15, 0.2) is 0 Å². The van der Waals surface area contributed by atoms with Crippen molar-refractivity contribution in [2.75, 3.05) is 39.3 Å². The van der Waals surface area contributed by atoms with Gasteiger partial charge in [-0.25, -0.2) is 0 Å². The van der Waals surface area contributed by atoms with Gasteiger partial charge in [-0.15, -0.1) is 0 Å². The molecule has 138 valence electrons. The third-order valence-corrected chi connectivity index (χ3v) is 5.13. The number of hydrogen-bond donors (Lipinski definition) is 1. The molecule has 0 aromatic heterocycles. The molecular weight excluding hydrogens is 306 g/mol. The van der Waals surface area contributed by atoms with Gasteiger partial charge in [0, 0.05) is 32.2 Å². The zero-order valence-electron chi connectivity index (χ0n) is 15.6. The molecule has 2 atom stereocenters. The number of rotatable bonds is 6. The van der Waals surface area contributed by atoms with Gasteiger partial charge in [-0.2, -0.15) is 0 Å². The van der Waals surface area contributed by atoms with Crippen molar-refractivity contribution in [3.05, 3.63) is 0 Å². The first-order valence-electron chi connectivity index (χ1n) is 9.24. The molecule has 0 aromatic rings. The van der Waals surface area contributed by atoms with Crippen LogP contribution in [0.4, 0.5) is 0 Å². The minimum atomic E-state index is -0.370. The molecular formula is C18H33N3O3. The van der Waals surface area contributed by atoms with Crippen molar-refractivity contribution in [3.8, 4) is 0 Å². The fourth-order valence-electron chi connectivity index (χ4n) is 3.78. The lowest BCUT2D eigenvalue weighted by atomic mass is 10.0. The van der Waals surface area contributed by atoms with Crippen molar-refractivity contribution < 1.29 is 14.3 Å². The summed E-state index contributed by atoms with van der Waals surface area (Å²) >= 11 is 0. The fraction of sp³-hybridized carbons (Fsp3) is 0.889. The lowest BCUT2D eigenvalue weighted by molar-refractivity contribution is -0.128. The van der Waals surface area contributed by atoms with Crippen LogP contribution in [0.1, 0.15) is 40.5 Å². The Hall–Kier alpha value is -0.980. The van der Waals surface area contributed by atoms with Crippen LogP contribution < -0.4 is 5.32 Å². The van der Waals surface area contributed by atoms with E-state index >= 15 is 0 Å². The van der Waals surface area contributed by atoms with Crippen molar-refractivity contribution in [1.82, 2.24) is 15.1 Å². The third kappa shape index (κ3) is 5.53. The number of ether oxygens (including phenoxy) is 1. The van der Waals surface area contributed by atoms with E-state index < -0.39 is 0 Å². The predicted molar refractivity (Wildman–Crippen MR) is 93.9 cm³/mol. The van der Waals surface area contributed by atoms with E-state index in [-0.39, 0.29) is 23.7 Å². The molecule has 6 heteroatoms. The maximum Gasteiger partial charge on any atom is 0.234 e. The number of hydrogen-bond acceptors (Lipinski definition) is 5. The number of piperidine rings is 1. The van der Waals surface area contributed by atoms with Gasteiger partial charge >= 0.3 is 0 Å². The first-order chi connectivity index (χ1) is 11.4. The SMILES string of the molecule is CC(=O)C(NC(=O)CN1CCC(N2CCOC(C)C2)CC1)C(C)C. The second-order valence-electron chi connectivity index (χ2n) is 7.58. The Morgan fingerprint density at radius 1 is 1.21 bits per heavy atom. The summed E-state index contributed by atoms with van der Waals surface area (Å²) in [6.45, 7) is 12.7. The van der Waals surface area contributed by atoms with Gasteiger partial charge in [0.1, 0.15) is 0 Å². The van der Waals surface area contributed by atoms with Gasteiger partial charge in [0.25, 0.3) is 0 Å². The van der Waals surface area contributed by atoms with Gasteiger partial charge < -0.3 is 10.1 Å². The number of nitrogens with zero attached hydrogens (tertiary/aromatic N) is 2. The molecule has 0 radical (unpaired) electrons. The first-order valence-corrected chi connectivity index (χ1v) is 9.24. The van der Waals surface area contributed by atoms with Gasteiger partial charge in [-0.3, -0.25) is 19.4 Å². The van der Waals surface area contributed by atoms with Crippen LogP contribution in [0.5, 0.6) is 0 Å². The standard InChI is InChI=1S/C18H33N3O3/c1-13(2)18(15(4)22)19-17(23)12-20-7-5-16(6-8-20)21-9-10-24-14(3)11-21/h13-14,16,18H,5-12H2,1-4H3,(H,19,23). The molecule has 0 bridgehead atoms. The fourth-order valence-corrected chi connectivity index (χ4v) is 3.78. The number of nitrogens with one attached hydrogen (secondary N) is 1. The van der Waals surface area contributed by atoms with Gasteiger partial charge in [-0.05, 0) is 32.6 Å². The quantitative estimate of drug-likeness (QED) is 0.779. The molecule has 2 fully saturated rings. The Labute approximate surface area is 145 Å². The Bertz CT molecular complexity index is 433. The number of ketones is 1. The third-order valence-electron chi connectivity index (χ3n) is 5.13.